The summed E-state index contributed by atoms with van der Waals surface area (Å²) >= 11 is 0. The molecule has 2 aliphatic rings. The number of nitrogens with zero attached hydrogens (tertiary/aromatic N) is 1. The third-order valence-corrected chi connectivity index (χ3v) is 4.08. The summed E-state index contributed by atoms with van der Waals surface area (Å²) in [7, 11) is 1.89. The SMILES string of the molecule is CN(CCOCC1CC1)C(=O)C1(C)CCCNC1. The summed E-state index contributed by atoms with van der Waals surface area (Å²) < 4.78 is 5.59. The molecule has 1 atom stereocenters. The minimum atomic E-state index is -0.219. The molecule has 0 aromatic rings. The molecule has 1 saturated carbocycles. The van der Waals surface area contributed by atoms with E-state index < -0.39 is 0 Å². The summed E-state index contributed by atoms with van der Waals surface area (Å²) in [5.41, 5.74) is -0.219. The Morgan fingerprint density at radius 3 is 2.89 bits per heavy atom. The van der Waals surface area contributed by atoms with Crippen LogP contribution in [-0.2, 0) is 9.53 Å². The first-order chi connectivity index (χ1) is 8.62. The Hall–Kier alpha value is -0.610. The standard InChI is InChI=1S/C14H26N2O2/c1-14(6-3-7-15-11-14)13(17)16(2)8-9-18-10-12-4-5-12/h12,15H,3-11H2,1-2H3. The zero-order valence-electron chi connectivity index (χ0n) is 11.7. The van der Waals surface area contributed by atoms with E-state index in [1.54, 1.807) is 0 Å². The Kier molecular flexibility index (Phi) is 4.62. The number of amides is 1. The molecule has 0 spiro atoms. The van der Waals surface area contributed by atoms with Crippen LogP contribution in [0.25, 0.3) is 0 Å². The van der Waals surface area contributed by atoms with Gasteiger partial charge in [-0.3, -0.25) is 4.79 Å². The lowest BCUT2D eigenvalue weighted by Gasteiger charge is -2.36. The number of piperidine rings is 1. The topological polar surface area (TPSA) is 41.6 Å². The molecule has 1 heterocycles. The van der Waals surface area contributed by atoms with Crippen molar-refractivity contribution >= 4 is 5.91 Å². The molecule has 0 aromatic carbocycles. The molecule has 4 nitrogen and oxygen atoms in total. The minimum Gasteiger partial charge on any atom is -0.379 e. The third-order valence-electron chi connectivity index (χ3n) is 4.08. The molecule has 104 valence electrons. The maximum atomic E-state index is 12.4. The quantitative estimate of drug-likeness (QED) is 0.726. The highest BCUT2D eigenvalue weighted by Crippen LogP contribution is 2.29. The lowest BCUT2D eigenvalue weighted by Crippen LogP contribution is -2.49. The molecule has 0 bridgehead atoms. The largest absolute Gasteiger partial charge is 0.379 e. The number of rotatable bonds is 6. The van der Waals surface area contributed by atoms with Gasteiger partial charge in [-0.05, 0) is 45.1 Å². The van der Waals surface area contributed by atoms with Crippen LogP contribution in [0.3, 0.4) is 0 Å². The van der Waals surface area contributed by atoms with Gasteiger partial charge in [0, 0.05) is 26.7 Å². The van der Waals surface area contributed by atoms with Crippen molar-refractivity contribution in [1.29, 1.82) is 0 Å². The summed E-state index contributed by atoms with van der Waals surface area (Å²) in [6, 6.07) is 0. The van der Waals surface area contributed by atoms with Gasteiger partial charge in [-0.1, -0.05) is 0 Å². The number of carbonyl (C=O) groups is 1. The van der Waals surface area contributed by atoms with Crippen LogP contribution >= 0.6 is 0 Å². The fourth-order valence-electron chi connectivity index (χ4n) is 2.54. The fourth-order valence-corrected chi connectivity index (χ4v) is 2.54. The van der Waals surface area contributed by atoms with Gasteiger partial charge in [-0.2, -0.15) is 0 Å². The van der Waals surface area contributed by atoms with E-state index in [1.807, 2.05) is 11.9 Å². The van der Waals surface area contributed by atoms with E-state index in [0.717, 1.165) is 38.5 Å². The third kappa shape index (κ3) is 3.69. The number of likely N-dealkylation sites (N-methyl/N-ethyl adjacent to an activating group) is 1. The monoisotopic (exact) mass is 254 g/mol. The molecule has 1 unspecified atom stereocenters. The van der Waals surface area contributed by atoms with Crippen molar-refractivity contribution in [2.75, 3.05) is 39.9 Å². The van der Waals surface area contributed by atoms with Crippen LogP contribution in [0.2, 0.25) is 0 Å². The number of nitrogens with one attached hydrogen (secondary N) is 1. The van der Waals surface area contributed by atoms with Gasteiger partial charge in [0.25, 0.3) is 0 Å². The number of carbonyl (C=O) groups excluding carboxylic acids is 1. The zero-order valence-corrected chi connectivity index (χ0v) is 11.7. The van der Waals surface area contributed by atoms with Crippen LogP contribution in [0.5, 0.6) is 0 Å². The van der Waals surface area contributed by atoms with Crippen molar-refractivity contribution in [3.8, 4) is 0 Å². The van der Waals surface area contributed by atoms with Crippen LogP contribution in [0.1, 0.15) is 32.6 Å². The molecule has 18 heavy (non-hydrogen) atoms. The summed E-state index contributed by atoms with van der Waals surface area (Å²) in [4.78, 5) is 14.2. The number of hydrogen-bond acceptors (Lipinski definition) is 3. The lowest BCUT2D eigenvalue weighted by atomic mass is 9.81. The van der Waals surface area contributed by atoms with Crippen molar-refractivity contribution in [2.45, 2.75) is 32.6 Å². The Balaban J connectivity index is 1.69. The van der Waals surface area contributed by atoms with Crippen molar-refractivity contribution in [1.82, 2.24) is 10.2 Å². The van der Waals surface area contributed by atoms with Gasteiger partial charge in [0.15, 0.2) is 0 Å². The number of ether oxygens (including phenoxy) is 1. The van der Waals surface area contributed by atoms with Gasteiger partial charge in [-0.15, -0.1) is 0 Å². The van der Waals surface area contributed by atoms with Gasteiger partial charge >= 0.3 is 0 Å². The van der Waals surface area contributed by atoms with Gasteiger partial charge in [0.05, 0.1) is 12.0 Å². The van der Waals surface area contributed by atoms with Crippen molar-refractivity contribution < 1.29 is 9.53 Å². The lowest BCUT2D eigenvalue weighted by molar-refractivity contribution is -0.141. The second-order valence-corrected chi connectivity index (χ2v) is 6.09. The Labute approximate surface area is 110 Å². The highest BCUT2D eigenvalue weighted by atomic mass is 16.5. The summed E-state index contributed by atoms with van der Waals surface area (Å²) in [5.74, 6) is 1.05. The second-order valence-electron chi connectivity index (χ2n) is 6.09. The maximum Gasteiger partial charge on any atom is 0.229 e. The van der Waals surface area contributed by atoms with Gasteiger partial charge in [-0.25, -0.2) is 0 Å². The van der Waals surface area contributed by atoms with Gasteiger partial charge < -0.3 is 15.0 Å². The smallest absolute Gasteiger partial charge is 0.229 e. The van der Waals surface area contributed by atoms with Gasteiger partial charge in [0.1, 0.15) is 0 Å². The molecule has 1 amide bonds. The average molecular weight is 254 g/mol. The molecule has 1 aliphatic heterocycles. The van der Waals surface area contributed by atoms with E-state index >= 15 is 0 Å². The van der Waals surface area contributed by atoms with Crippen molar-refractivity contribution in [3.63, 3.8) is 0 Å². The summed E-state index contributed by atoms with van der Waals surface area (Å²) in [6.45, 7) is 6.17. The van der Waals surface area contributed by atoms with Crippen LogP contribution in [0, 0.1) is 11.3 Å². The van der Waals surface area contributed by atoms with Crippen molar-refractivity contribution in [3.05, 3.63) is 0 Å². The predicted octanol–water partition coefficient (Wildman–Crippen LogP) is 1.26. The van der Waals surface area contributed by atoms with E-state index in [1.165, 1.54) is 12.8 Å². The maximum absolute atomic E-state index is 12.4. The normalized spacial score (nSPS) is 28.1. The highest BCUT2D eigenvalue weighted by Gasteiger charge is 2.36. The van der Waals surface area contributed by atoms with Crippen LogP contribution in [0.15, 0.2) is 0 Å². The second kappa shape index (κ2) is 6.02. The molecule has 1 aliphatic carbocycles. The molecule has 1 N–H and O–H groups in total. The van der Waals surface area contributed by atoms with E-state index in [-0.39, 0.29) is 11.3 Å². The molecule has 2 rings (SSSR count). The molecule has 0 aromatic heterocycles. The first kappa shape index (κ1) is 13.8. The Morgan fingerprint density at radius 2 is 2.28 bits per heavy atom. The molecule has 4 heteroatoms. The minimum absolute atomic E-state index is 0.219. The van der Waals surface area contributed by atoms with Crippen LogP contribution in [0.4, 0.5) is 0 Å². The van der Waals surface area contributed by atoms with Crippen LogP contribution < -0.4 is 5.32 Å². The molecule has 0 radical (unpaired) electrons. The Bertz CT molecular complexity index is 284. The summed E-state index contributed by atoms with van der Waals surface area (Å²) in [5, 5.41) is 3.32. The molecular weight excluding hydrogens is 228 g/mol. The van der Waals surface area contributed by atoms with Gasteiger partial charge in [0.2, 0.25) is 5.91 Å². The van der Waals surface area contributed by atoms with E-state index in [9.17, 15) is 4.79 Å². The van der Waals surface area contributed by atoms with E-state index in [0.29, 0.717) is 13.2 Å². The van der Waals surface area contributed by atoms with E-state index in [2.05, 4.69) is 12.2 Å². The predicted molar refractivity (Wildman–Crippen MR) is 71.4 cm³/mol. The van der Waals surface area contributed by atoms with Crippen molar-refractivity contribution in [2.24, 2.45) is 11.3 Å². The first-order valence-corrected chi connectivity index (χ1v) is 7.16. The molecular formula is C14H26N2O2. The van der Waals surface area contributed by atoms with E-state index in [4.69, 9.17) is 4.74 Å². The highest BCUT2D eigenvalue weighted by molar-refractivity contribution is 5.82. The molecule has 2 fully saturated rings. The average Bonchev–Trinajstić information content (AvgIpc) is 3.18. The summed E-state index contributed by atoms with van der Waals surface area (Å²) in [6.07, 6.45) is 4.72. The fraction of sp³-hybridized carbons (Fsp3) is 0.929. The van der Waals surface area contributed by atoms with Crippen LogP contribution in [-0.4, -0.2) is 50.7 Å². The Morgan fingerprint density at radius 1 is 1.50 bits per heavy atom. The molecule has 1 saturated heterocycles. The number of hydrogen-bond donors (Lipinski definition) is 1. The zero-order chi connectivity index (χ0) is 13.0. The first-order valence-electron chi connectivity index (χ1n) is 7.16.